The molecule has 0 spiro atoms. The molecule has 3 aromatic heterocycles. The molecular weight excluding hydrogens is 346 g/mol. The summed E-state index contributed by atoms with van der Waals surface area (Å²) in [5.41, 5.74) is 3.91. The third kappa shape index (κ3) is 3.35. The molecule has 8 heteroatoms. The Morgan fingerprint density at radius 2 is 2.11 bits per heavy atom. The predicted molar refractivity (Wildman–Crippen MR) is 99.7 cm³/mol. The van der Waals surface area contributed by atoms with Crippen molar-refractivity contribution in [3.8, 4) is 11.3 Å². The molecule has 2 N–H and O–H groups in total. The van der Waals surface area contributed by atoms with E-state index in [4.69, 9.17) is 9.90 Å². The van der Waals surface area contributed by atoms with Crippen LogP contribution in [0.15, 0.2) is 41.7 Å². The Balaban J connectivity index is 0.000000413. The average Bonchev–Trinajstić information content (AvgIpc) is 3.06. The van der Waals surface area contributed by atoms with E-state index in [2.05, 4.69) is 21.4 Å². The van der Waals surface area contributed by atoms with Crippen molar-refractivity contribution in [1.29, 1.82) is 0 Å². The maximum Gasteiger partial charge on any atom is 0.300 e. The largest absolute Gasteiger partial charge is 0.481 e. The molecule has 5 heterocycles. The molecule has 0 unspecified atom stereocenters. The average molecular weight is 367 g/mol. The van der Waals surface area contributed by atoms with Gasteiger partial charge in [0.25, 0.3) is 11.5 Å². The van der Waals surface area contributed by atoms with Crippen LogP contribution in [0.1, 0.15) is 25.0 Å². The summed E-state index contributed by atoms with van der Waals surface area (Å²) in [6.07, 6.45) is 8.33. The maximum atomic E-state index is 12.6. The Labute approximate surface area is 155 Å². The molecule has 0 radical (unpaired) electrons. The summed E-state index contributed by atoms with van der Waals surface area (Å²) in [7, 11) is 0. The monoisotopic (exact) mass is 367 g/mol. The van der Waals surface area contributed by atoms with Crippen molar-refractivity contribution in [2.45, 2.75) is 25.8 Å². The number of rotatable bonds is 1. The molecule has 2 aliphatic rings. The van der Waals surface area contributed by atoms with Gasteiger partial charge in [0.2, 0.25) is 0 Å². The molecule has 8 nitrogen and oxygen atoms in total. The number of hydrogen-bond donors (Lipinski definition) is 2. The van der Waals surface area contributed by atoms with Crippen LogP contribution in [-0.4, -0.2) is 43.1 Å². The highest BCUT2D eigenvalue weighted by atomic mass is 16.4. The molecule has 0 saturated carbocycles. The number of piperidine rings is 1. The normalized spacial score (nSPS) is 20.5. The summed E-state index contributed by atoms with van der Waals surface area (Å²) in [6.45, 7) is 3.88. The lowest BCUT2D eigenvalue weighted by Gasteiger charge is -2.37. The number of carboxylic acid groups (broad SMARTS) is 1. The first-order valence-corrected chi connectivity index (χ1v) is 8.95. The Morgan fingerprint density at radius 3 is 2.93 bits per heavy atom. The molecule has 1 fully saturated rings. The first-order valence-electron chi connectivity index (χ1n) is 8.95. The van der Waals surface area contributed by atoms with Crippen molar-refractivity contribution in [3.05, 3.63) is 53.0 Å². The molecule has 2 bridgehead atoms. The molecule has 27 heavy (non-hydrogen) atoms. The summed E-state index contributed by atoms with van der Waals surface area (Å²) < 4.78 is 3.94. The van der Waals surface area contributed by atoms with Crippen molar-refractivity contribution in [1.82, 2.24) is 24.3 Å². The number of aliphatic carboxylic acids is 1. The van der Waals surface area contributed by atoms with E-state index in [1.54, 1.807) is 18.5 Å². The van der Waals surface area contributed by atoms with E-state index in [1.165, 1.54) is 6.42 Å². The number of nitrogens with one attached hydrogen (secondary N) is 1. The second kappa shape index (κ2) is 6.96. The minimum atomic E-state index is -0.833. The molecule has 2 aliphatic heterocycles. The summed E-state index contributed by atoms with van der Waals surface area (Å²) in [5, 5.41) is 10.9. The van der Waals surface area contributed by atoms with Crippen LogP contribution in [-0.2, 0) is 11.3 Å². The maximum absolute atomic E-state index is 12.6. The van der Waals surface area contributed by atoms with Gasteiger partial charge in [-0.25, -0.2) is 4.98 Å². The topological polar surface area (TPSA) is 102 Å². The van der Waals surface area contributed by atoms with Gasteiger partial charge in [-0.2, -0.15) is 0 Å². The van der Waals surface area contributed by atoms with Gasteiger partial charge < -0.3 is 15.0 Å². The molecule has 1 saturated heterocycles. The van der Waals surface area contributed by atoms with E-state index in [-0.39, 0.29) is 5.56 Å². The van der Waals surface area contributed by atoms with Crippen LogP contribution in [0.4, 0.5) is 0 Å². The highest BCUT2D eigenvalue weighted by Gasteiger charge is 2.31. The minimum Gasteiger partial charge on any atom is -0.481 e. The van der Waals surface area contributed by atoms with Crippen molar-refractivity contribution >= 4 is 11.6 Å². The van der Waals surface area contributed by atoms with E-state index in [1.807, 2.05) is 21.4 Å². The molecule has 0 aromatic carbocycles. The fourth-order valence-corrected chi connectivity index (χ4v) is 4.01. The van der Waals surface area contributed by atoms with Gasteiger partial charge in [0, 0.05) is 55.6 Å². The van der Waals surface area contributed by atoms with Gasteiger partial charge in [0.05, 0.1) is 18.1 Å². The summed E-state index contributed by atoms with van der Waals surface area (Å²) in [6, 6.07) is 3.90. The van der Waals surface area contributed by atoms with Crippen molar-refractivity contribution in [2.75, 3.05) is 13.1 Å². The van der Waals surface area contributed by atoms with Gasteiger partial charge in [0.1, 0.15) is 0 Å². The zero-order chi connectivity index (χ0) is 19.0. The van der Waals surface area contributed by atoms with Gasteiger partial charge in [0.15, 0.2) is 5.65 Å². The van der Waals surface area contributed by atoms with Crippen LogP contribution in [0.2, 0.25) is 0 Å². The SMILES string of the molecule is CC(=O)O.O=c1cc(-c2cnc3cnccn23)cc2n1C[C@@H]1CNC[C@H]2C1. The van der Waals surface area contributed by atoms with Crippen LogP contribution >= 0.6 is 0 Å². The Hall–Kier alpha value is -3.00. The van der Waals surface area contributed by atoms with Crippen LogP contribution in [0, 0.1) is 5.92 Å². The van der Waals surface area contributed by atoms with E-state index in [9.17, 15) is 4.79 Å². The lowest BCUT2D eigenvalue weighted by Crippen LogP contribution is -2.44. The van der Waals surface area contributed by atoms with Crippen molar-refractivity contribution < 1.29 is 9.90 Å². The summed E-state index contributed by atoms with van der Waals surface area (Å²) in [5.74, 6) is 0.169. The van der Waals surface area contributed by atoms with E-state index < -0.39 is 5.97 Å². The number of fused-ring (bicyclic) bond motifs is 5. The summed E-state index contributed by atoms with van der Waals surface area (Å²) in [4.78, 5) is 30.1. The van der Waals surface area contributed by atoms with Gasteiger partial charge in [-0.15, -0.1) is 0 Å². The highest BCUT2D eigenvalue weighted by molar-refractivity contribution is 5.63. The Morgan fingerprint density at radius 1 is 1.30 bits per heavy atom. The fraction of sp³-hybridized carbons (Fsp3) is 0.368. The van der Waals surface area contributed by atoms with Gasteiger partial charge >= 0.3 is 0 Å². The molecule has 0 amide bonds. The number of carbonyl (C=O) groups is 1. The smallest absolute Gasteiger partial charge is 0.300 e. The first-order chi connectivity index (χ1) is 13.0. The molecule has 3 aromatic rings. The van der Waals surface area contributed by atoms with Crippen molar-refractivity contribution in [3.63, 3.8) is 0 Å². The fourth-order valence-electron chi connectivity index (χ4n) is 4.01. The van der Waals surface area contributed by atoms with Crippen molar-refractivity contribution in [2.24, 2.45) is 5.92 Å². The second-order valence-corrected chi connectivity index (χ2v) is 7.04. The predicted octanol–water partition coefficient (Wildman–Crippen LogP) is 1.36. The number of aromatic nitrogens is 4. The van der Waals surface area contributed by atoms with Crippen LogP contribution in [0.3, 0.4) is 0 Å². The van der Waals surface area contributed by atoms with Gasteiger partial charge in [-0.3, -0.25) is 19.0 Å². The molecule has 2 atom stereocenters. The third-order valence-corrected chi connectivity index (χ3v) is 5.07. The number of carboxylic acids is 1. The molecular formula is C19H21N5O3. The molecule has 140 valence electrons. The number of imidazole rings is 1. The van der Waals surface area contributed by atoms with Crippen LogP contribution < -0.4 is 10.9 Å². The first kappa shape index (κ1) is 17.4. The summed E-state index contributed by atoms with van der Waals surface area (Å²) >= 11 is 0. The van der Waals surface area contributed by atoms with Gasteiger partial charge in [-0.1, -0.05) is 0 Å². The molecule has 5 rings (SSSR count). The highest BCUT2D eigenvalue weighted by Crippen LogP contribution is 2.33. The number of hydrogen-bond acceptors (Lipinski definition) is 5. The zero-order valence-electron chi connectivity index (χ0n) is 15.0. The quantitative estimate of drug-likeness (QED) is 0.673. The zero-order valence-corrected chi connectivity index (χ0v) is 15.0. The lowest BCUT2D eigenvalue weighted by atomic mass is 9.83. The number of nitrogens with zero attached hydrogens (tertiary/aromatic N) is 4. The Kier molecular flexibility index (Phi) is 4.49. The minimum absolute atomic E-state index is 0.0955. The van der Waals surface area contributed by atoms with E-state index >= 15 is 0 Å². The Bertz CT molecular complexity index is 1050. The standard InChI is InChI=1S/C17H17N5O.C2H4O2/c23-17-5-12(15-8-20-16-9-18-1-2-21(15)16)4-14-13-3-11(6-19-7-13)10-22(14)17;1-2(3)4/h1-2,4-5,8-9,11,13,19H,3,6-7,10H2;1H3,(H,3,4)/t11-,13+;/m0./s1. The second-order valence-electron chi connectivity index (χ2n) is 7.04. The third-order valence-electron chi connectivity index (χ3n) is 5.07. The van der Waals surface area contributed by atoms with Crippen LogP contribution in [0.5, 0.6) is 0 Å². The number of pyridine rings is 1. The molecule has 0 aliphatic carbocycles. The lowest BCUT2D eigenvalue weighted by molar-refractivity contribution is -0.134. The van der Waals surface area contributed by atoms with E-state index in [0.717, 1.165) is 49.2 Å². The van der Waals surface area contributed by atoms with E-state index in [0.29, 0.717) is 11.8 Å². The van der Waals surface area contributed by atoms with Crippen LogP contribution in [0.25, 0.3) is 16.9 Å². The van der Waals surface area contributed by atoms with Gasteiger partial charge in [-0.05, 0) is 24.9 Å².